The average molecular weight is 357 g/mol. The van der Waals surface area contributed by atoms with Gasteiger partial charge in [-0.3, -0.25) is 4.79 Å². The Morgan fingerprint density at radius 2 is 2.15 bits per heavy atom. The summed E-state index contributed by atoms with van der Waals surface area (Å²) in [5.41, 5.74) is 6.91. The first kappa shape index (κ1) is 13.9. The van der Waals surface area contributed by atoms with E-state index < -0.39 is 11.7 Å². The van der Waals surface area contributed by atoms with Gasteiger partial charge in [0.05, 0.1) is 9.99 Å². The summed E-state index contributed by atoms with van der Waals surface area (Å²) in [7, 11) is 0. The van der Waals surface area contributed by atoms with Crippen LogP contribution in [0.1, 0.15) is 34.7 Å². The van der Waals surface area contributed by atoms with Gasteiger partial charge in [-0.25, -0.2) is 4.39 Å². The smallest absolute Gasteiger partial charge is 0.253 e. The van der Waals surface area contributed by atoms with E-state index in [0.717, 1.165) is 35.3 Å². The van der Waals surface area contributed by atoms with Crippen LogP contribution >= 0.6 is 27.7 Å². The quantitative estimate of drug-likeness (QED) is 0.859. The fraction of sp³-hybridized carbons (Fsp3) is 0.357. The highest BCUT2D eigenvalue weighted by atomic mass is 79.9. The van der Waals surface area contributed by atoms with Gasteiger partial charge in [-0.05, 0) is 57.8 Å². The lowest BCUT2D eigenvalue weighted by molar-refractivity contribution is 0.0998. The van der Waals surface area contributed by atoms with Gasteiger partial charge in [0.25, 0.3) is 5.91 Å². The van der Waals surface area contributed by atoms with Crippen LogP contribution in [-0.4, -0.2) is 22.4 Å². The van der Waals surface area contributed by atoms with Crippen LogP contribution in [0.25, 0.3) is 10.9 Å². The van der Waals surface area contributed by atoms with E-state index in [9.17, 15) is 9.18 Å². The summed E-state index contributed by atoms with van der Waals surface area (Å²) in [6.45, 7) is 0. The van der Waals surface area contributed by atoms with E-state index >= 15 is 0 Å². The third-order valence-electron chi connectivity index (χ3n) is 3.81. The van der Waals surface area contributed by atoms with Gasteiger partial charge in [0.1, 0.15) is 5.56 Å². The standard InChI is InChI=1S/C14H14BrFN2OS/c15-10-5-8-9(7-1-3-20-4-2-7)6-18-13(8)11(12(10)16)14(17)19/h5-7,18H,1-4H2,(H2,17,19). The normalized spacial score (nSPS) is 16.7. The van der Waals surface area contributed by atoms with Gasteiger partial charge >= 0.3 is 0 Å². The molecule has 1 aromatic heterocycles. The number of nitrogens with one attached hydrogen (secondary N) is 1. The molecule has 0 spiro atoms. The minimum absolute atomic E-state index is 0.0641. The molecule has 3 rings (SSSR count). The maximum absolute atomic E-state index is 14.1. The second-order valence-corrected chi connectivity index (χ2v) is 7.04. The Kier molecular flexibility index (Phi) is 3.77. The maximum Gasteiger partial charge on any atom is 0.253 e. The summed E-state index contributed by atoms with van der Waals surface area (Å²) in [6, 6.07) is 1.74. The van der Waals surface area contributed by atoms with E-state index in [2.05, 4.69) is 20.9 Å². The molecule has 1 aromatic carbocycles. The van der Waals surface area contributed by atoms with Crippen molar-refractivity contribution in [3.8, 4) is 0 Å². The van der Waals surface area contributed by atoms with Gasteiger partial charge in [-0.2, -0.15) is 11.8 Å². The molecule has 0 aliphatic carbocycles. The van der Waals surface area contributed by atoms with Crippen LogP contribution in [0.3, 0.4) is 0 Å². The van der Waals surface area contributed by atoms with E-state index in [0.29, 0.717) is 11.4 Å². The van der Waals surface area contributed by atoms with Crippen molar-refractivity contribution < 1.29 is 9.18 Å². The van der Waals surface area contributed by atoms with Crippen LogP contribution in [-0.2, 0) is 0 Å². The number of H-pyrrole nitrogens is 1. The van der Waals surface area contributed by atoms with Gasteiger partial charge in [-0.15, -0.1) is 0 Å². The van der Waals surface area contributed by atoms with Crippen LogP contribution < -0.4 is 5.73 Å². The predicted octanol–water partition coefficient (Wildman–Crippen LogP) is 3.78. The lowest BCUT2D eigenvalue weighted by Gasteiger charge is -2.21. The summed E-state index contributed by atoms with van der Waals surface area (Å²) >= 11 is 5.14. The molecule has 0 unspecified atom stereocenters. The Labute approximate surface area is 128 Å². The van der Waals surface area contributed by atoms with Crippen molar-refractivity contribution in [3.63, 3.8) is 0 Å². The number of aromatic amines is 1. The van der Waals surface area contributed by atoms with E-state index in [4.69, 9.17) is 5.73 Å². The molecule has 20 heavy (non-hydrogen) atoms. The van der Waals surface area contributed by atoms with Crippen LogP contribution in [0.4, 0.5) is 4.39 Å². The first-order chi connectivity index (χ1) is 9.59. The molecule has 106 valence electrons. The number of halogens is 2. The third kappa shape index (κ3) is 2.24. The molecule has 1 aliphatic heterocycles. The number of nitrogens with two attached hydrogens (primary N) is 1. The second-order valence-electron chi connectivity index (χ2n) is 4.96. The number of primary amides is 1. The molecule has 0 bridgehead atoms. The number of benzene rings is 1. The van der Waals surface area contributed by atoms with E-state index in [-0.39, 0.29) is 10.0 Å². The lowest BCUT2D eigenvalue weighted by atomic mass is 9.92. The molecule has 0 saturated carbocycles. The number of aromatic nitrogens is 1. The second kappa shape index (κ2) is 5.41. The monoisotopic (exact) mass is 356 g/mol. The minimum atomic E-state index is -0.749. The van der Waals surface area contributed by atoms with E-state index in [1.807, 2.05) is 18.0 Å². The van der Waals surface area contributed by atoms with Gasteiger partial charge in [0, 0.05) is 11.6 Å². The van der Waals surface area contributed by atoms with Crippen molar-refractivity contribution in [1.82, 2.24) is 4.98 Å². The van der Waals surface area contributed by atoms with Gasteiger partial charge in [0.15, 0.2) is 5.82 Å². The van der Waals surface area contributed by atoms with Gasteiger partial charge in [-0.1, -0.05) is 0 Å². The van der Waals surface area contributed by atoms with Crippen molar-refractivity contribution in [2.24, 2.45) is 5.73 Å². The van der Waals surface area contributed by atoms with Gasteiger partial charge < -0.3 is 10.7 Å². The molecular formula is C14H14BrFN2OS. The Bertz CT molecular complexity index is 679. The molecule has 3 nitrogen and oxygen atoms in total. The molecular weight excluding hydrogens is 343 g/mol. The lowest BCUT2D eigenvalue weighted by Crippen LogP contribution is -2.14. The van der Waals surface area contributed by atoms with Crippen molar-refractivity contribution in [1.29, 1.82) is 0 Å². The highest BCUT2D eigenvalue weighted by molar-refractivity contribution is 9.10. The van der Waals surface area contributed by atoms with Crippen LogP contribution in [0.15, 0.2) is 16.7 Å². The van der Waals surface area contributed by atoms with Crippen molar-refractivity contribution >= 4 is 44.5 Å². The third-order valence-corrected chi connectivity index (χ3v) is 5.44. The first-order valence-corrected chi connectivity index (χ1v) is 8.41. The Morgan fingerprint density at radius 3 is 2.80 bits per heavy atom. The molecule has 3 N–H and O–H groups in total. The largest absolute Gasteiger partial charge is 0.365 e. The molecule has 1 aliphatic rings. The average Bonchev–Trinajstić information content (AvgIpc) is 2.83. The Balaban J connectivity index is 2.19. The zero-order chi connectivity index (χ0) is 14.3. The van der Waals surface area contributed by atoms with Crippen molar-refractivity contribution in [2.45, 2.75) is 18.8 Å². The zero-order valence-corrected chi connectivity index (χ0v) is 13.1. The molecule has 6 heteroatoms. The summed E-state index contributed by atoms with van der Waals surface area (Å²) < 4.78 is 14.3. The molecule has 1 amide bonds. The minimum Gasteiger partial charge on any atom is -0.365 e. The molecule has 1 saturated heterocycles. The maximum atomic E-state index is 14.1. The SMILES string of the molecule is NC(=O)c1c(F)c(Br)cc2c(C3CCSCC3)c[nH]c12. The van der Waals surface area contributed by atoms with Crippen molar-refractivity contribution in [3.05, 3.63) is 33.7 Å². The molecule has 1 fully saturated rings. The van der Waals surface area contributed by atoms with Crippen LogP contribution in [0.5, 0.6) is 0 Å². The summed E-state index contributed by atoms with van der Waals surface area (Å²) in [5.74, 6) is 1.40. The Morgan fingerprint density at radius 1 is 1.45 bits per heavy atom. The highest BCUT2D eigenvalue weighted by Gasteiger charge is 2.23. The molecule has 0 radical (unpaired) electrons. The number of carbonyl (C=O) groups excluding carboxylic acids is 1. The first-order valence-electron chi connectivity index (χ1n) is 6.46. The number of fused-ring (bicyclic) bond motifs is 1. The molecule has 2 aromatic rings. The van der Waals surface area contributed by atoms with Crippen LogP contribution in [0.2, 0.25) is 0 Å². The fourth-order valence-corrected chi connectivity index (χ4v) is 4.34. The number of rotatable bonds is 2. The van der Waals surface area contributed by atoms with E-state index in [1.165, 1.54) is 0 Å². The van der Waals surface area contributed by atoms with Crippen molar-refractivity contribution in [2.75, 3.05) is 11.5 Å². The number of amides is 1. The van der Waals surface area contributed by atoms with E-state index in [1.54, 1.807) is 6.07 Å². The fourth-order valence-electron chi connectivity index (χ4n) is 2.81. The number of carbonyl (C=O) groups is 1. The molecule has 0 atom stereocenters. The summed E-state index contributed by atoms with van der Waals surface area (Å²) in [6.07, 6.45) is 4.11. The highest BCUT2D eigenvalue weighted by Crippen LogP contribution is 2.38. The zero-order valence-electron chi connectivity index (χ0n) is 10.7. The summed E-state index contributed by atoms with van der Waals surface area (Å²) in [5, 5.41) is 0.893. The number of thioether (sulfide) groups is 1. The number of hydrogen-bond acceptors (Lipinski definition) is 2. The topological polar surface area (TPSA) is 58.9 Å². The van der Waals surface area contributed by atoms with Gasteiger partial charge in [0.2, 0.25) is 0 Å². The van der Waals surface area contributed by atoms with Crippen LogP contribution in [0, 0.1) is 5.82 Å². The number of hydrogen-bond donors (Lipinski definition) is 2. The predicted molar refractivity (Wildman–Crippen MR) is 83.8 cm³/mol. The summed E-state index contributed by atoms with van der Waals surface area (Å²) in [4.78, 5) is 14.5. The Hall–Kier alpha value is -1.01. The molecule has 2 heterocycles.